The summed E-state index contributed by atoms with van der Waals surface area (Å²) >= 11 is 0. The normalized spacial score (nSPS) is 30.0. The Balaban J connectivity index is 1.33. The number of hydrogen-bond donors (Lipinski definition) is 2. The Morgan fingerprint density at radius 2 is 1.73 bits per heavy atom. The summed E-state index contributed by atoms with van der Waals surface area (Å²) in [7, 11) is 0. The van der Waals surface area contributed by atoms with E-state index in [4.69, 9.17) is 0 Å². The van der Waals surface area contributed by atoms with Crippen LogP contribution in [0, 0.1) is 29.5 Å². The Morgan fingerprint density at radius 1 is 1.15 bits per heavy atom. The number of benzene rings is 1. The predicted octanol–water partition coefficient (Wildman–Crippen LogP) is 0.782. The van der Waals surface area contributed by atoms with Crippen LogP contribution in [0.2, 0.25) is 0 Å². The number of nitrogens with zero attached hydrogens (tertiary/aromatic N) is 1. The topological polar surface area (TPSA) is 86.7 Å². The van der Waals surface area contributed by atoms with Gasteiger partial charge >= 0.3 is 0 Å². The number of imide groups is 1. The molecule has 2 N–H and O–H groups in total. The highest BCUT2D eigenvalue weighted by atomic mass is 19.1. The number of amides is 3. The van der Waals surface area contributed by atoms with Gasteiger partial charge in [-0.05, 0) is 36.0 Å². The Kier molecular flexibility index (Phi) is 4.11. The SMILES string of the molecule is O=C(CN1C(=O)C2C3C=CC(C3)C2C1=O)NCC(O)c1ccc(F)cc1. The van der Waals surface area contributed by atoms with Gasteiger partial charge in [0, 0.05) is 6.54 Å². The summed E-state index contributed by atoms with van der Waals surface area (Å²) in [6.07, 6.45) is 3.85. The first-order chi connectivity index (χ1) is 12.5. The monoisotopic (exact) mass is 358 g/mol. The molecule has 136 valence electrons. The van der Waals surface area contributed by atoms with Gasteiger partial charge < -0.3 is 10.4 Å². The van der Waals surface area contributed by atoms with Crippen molar-refractivity contribution in [1.29, 1.82) is 0 Å². The summed E-state index contributed by atoms with van der Waals surface area (Å²) in [6.45, 7) is -0.416. The van der Waals surface area contributed by atoms with Crippen molar-refractivity contribution in [2.75, 3.05) is 13.1 Å². The number of aliphatic hydroxyl groups is 1. The van der Waals surface area contributed by atoms with E-state index in [0.29, 0.717) is 5.56 Å². The molecule has 3 aliphatic rings. The maximum absolute atomic E-state index is 12.9. The molecule has 6 nitrogen and oxygen atoms in total. The zero-order chi connectivity index (χ0) is 18.4. The van der Waals surface area contributed by atoms with Crippen LogP contribution in [-0.2, 0) is 14.4 Å². The number of allylic oxidation sites excluding steroid dienone is 2. The largest absolute Gasteiger partial charge is 0.387 e. The minimum Gasteiger partial charge on any atom is -0.387 e. The highest BCUT2D eigenvalue weighted by Crippen LogP contribution is 2.52. The van der Waals surface area contributed by atoms with Gasteiger partial charge in [0.25, 0.3) is 0 Å². The highest BCUT2D eigenvalue weighted by molar-refractivity contribution is 6.08. The number of hydrogen-bond acceptors (Lipinski definition) is 4. The van der Waals surface area contributed by atoms with Crippen molar-refractivity contribution in [3.8, 4) is 0 Å². The first kappa shape index (κ1) is 16.9. The zero-order valence-corrected chi connectivity index (χ0v) is 14.0. The summed E-state index contributed by atoms with van der Waals surface area (Å²) in [5.74, 6) is -1.90. The average Bonchev–Trinajstić information content (AvgIpc) is 3.30. The number of carbonyl (C=O) groups is 3. The lowest BCUT2D eigenvalue weighted by Gasteiger charge is -2.18. The van der Waals surface area contributed by atoms with Gasteiger partial charge in [-0.1, -0.05) is 24.3 Å². The molecule has 0 spiro atoms. The molecule has 1 aliphatic heterocycles. The minimum absolute atomic E-state index is 0.0830. The van der Waals surface area contributed by atoms with E-state index in [-0.39, 0.29) is 48.6 Å². The summed E-state index contributed by atoms with van der Waals surface area (Å²) in [4.78, 5) is 38.2. The minimum atomic E-state index is -0.996. The summed E-state index contributed by atoms with van der Waals surface area (Å²) in [5, 5.41) is 12.6. The van der Waals surface area contributed by atoms with Crippen LogP contribution in [-0.4, -0.2) is 40.8 Å². The van der Waals surface area contributed by atoms with Gasteiger partial charge in [-0.15, -0.1) is 0 Å². The third-order valence-corrected chi connectivity index (χ3v) is 5.61. The molecule has 2 aliphatic carbocycles. The lowest BCUT2D eigenvalue weighted by atomic mass is 9.85. The van der Waals surface area contributed by atoms with Crippen LogP contribution in [0.15, 0.2) is 36.4 Å². The fraction of sp³-hybridized carbons (Fsp3) is 0.421. The molecule has 1 saturated carbocycles. The quantitative estimate of drug-likeness (QED) is 0.602. The summed E-state index contributed by atoms with van der Waals surface area (Å²) < 4.78 is 12.9. The molecule has 1 saturated heterocycles. The van der Waals surface area contributed by atoms with E-state index < -0.39 is 17.8 Å². The van der Waals surface area contributed by atoms with Gasteiger partial charge in [0.2, 0.25) is 17.7 Å². The molecule has 3 amide bonds. The standard InChI is InChI=1S/C19H19FN2O4/c20-13-5-3-10(4-6-13)14(23)8-21-15(24)9-22-18(25)16-11-1-2-12(7-11)17(16)19(22)26/h1-6,11-12,14,16-17,23H,7-9H2,(H,21,24). The lowest BCUT2D eigenvalue weighted by Crippen LogP contribution is -2.42. The number of halogens is 1. The zero-order valence-electron chi connectivity index (χ0n) is 14.0. The molecule has 5 unspecified atom stereocenters. The van der Waals surface area contributed by atoms with Crippen molar-refractivity contribution < 1.29 is 23.9 Å². The van der Waals surface area contributed by atoms with Crippen LogP contribution in [0.5, 0.6) is 0 Å². The summed E-state index contributed by atoms with van der Waals surface area (Å²) in [5.41, 5.74) is 0.470. The average molecular weight is 358 g/mol. The van der Waals surface area contributed by atoms with Crippen LogP contribution in [0.1, 0.15) is 18.1 Å². The first-order valence-corrected chi connectivity index (χ1v) is 8.69. The Bertz CT molecular complexity index is 761. The fourth-order valence-electron chi connectivity index (χ4n) is 4.33. The lowest BCUT2D eigenvalue weighted by molar-refractivity contribution is -0.144. The van der Waals surface area contributed by atoms with Crippen LogP contribution in [0.3, 0.4) is 0 Å². The number of likely N-dealkylation sites (tertiary alicyclic amines) is 1. The number of nitrogens with one attached hydrogen (secondary N) is 1. The summed E-state index contributed by atoms with van der Waals surface area (Å²) in [6, 6.07) is 5.32. The third kappa shape index (κ3) is 2.72. The van der Waals surface area contributed by atoms with Crippen LogP contribution < -0.4 is 5.32 Å². The van der Waals surface area contributed by atoms with Gasteiger partial charge in [-0.2, -0.15) is 0 Å². The van der Waals surface area contributed by atoms with Crippen molar-refractivity contribution in [3.63, 3.8) is 0 Å². The van der Waals surface area contributed by atoms with Gasteiger partial charge in [-0.25, -0.2) is 4.39 Å². The highest BCUT2D eigenvalue weighted by Gasteiger charge is 2.59. The molecule has 1 aromatic carbocycles. The first-order valence-electron chi connectivity index (χ1n) is 8.69. The molecule has 5 atom stereocenters. The maximum atomic E-state index is 12.9. The van der Waals surface area contributed by atoms with Gasteiger partial charge in [0.15, 0.2) is 0 Å². The van der Waals surface area contributed by atoms with Crippen molar-refractivity contribution in [1.82, 2.24) is 10.2 Å². The molecular weight excluding hydrogens is 339 g/mol. The number of fused-ring (bicyclic) bond motifs is 5. The molecule has 2 fully saturated rings. The van der Waals surface area contributed by atoms with Crippen LogP contribution in [0.4, 0.5) is 4.39 Å². The molecular formula is C19H19FN2O4. The molecule has 1 heterocycles. The van der Waals surface area contributed by atoms with E-state index in [1.807, 2.05) is 12.2 Å². The smallest absolute Gasteiger partial charge is 0.240 e. The van der Waals surface area contributed by atoms with E-state index in [9.17, 15) is 23.9 Å². The third-order valence-electron chi connectivity index (χ3n) is 5.61. The molecule has 0 aromatic heterocycles. The molecule has 0 radical (unpaired) electrons. The Labute approximate surface area is 149 Å². The van der Waals surface area contributed by atoms with Crippen molar-refractivity contribution >= 4 is 17.7 Å². The predicted molar refractivity (Wildman–Crippen MR) is 88.8 cm³/mol. The Morgan fingerprint density at radius 3 is 2.31 bits per heavy atom. The van der Waals surface area contributed by atoms with Gasteiger partial charge in [0.1, 0.15) is 12.4 Å². The Hall–Kier alpha value is -2.54. The molecule has 7 heteroatoms. The molecule has 1 aromatic rings. The second kappa shape index (κ2) is 6.32. The van der Waals surface area contributed by atoms with E-state index in [1.165, 1.54) is 24.3 Å². The van der Waals surface area contributed by atoms with E-state index in [1.54, 1.807) is 0 Å². The van der Waals surface area contributed by atoms with Crippen molar-refractivity contribution in [3.05, 3.63) is 47.8 Å². The molecule has 26 heavy (non-hydrogen) atoms. The number of carbonyl (C=O) groups excluding carboxylic acids is 3. The van der Waals surface area contributed by atoms with Crippen LogP contribution >= 0.6 is 0 Å². The van der Waals surface area contributed by atoms with Gasteiger partial charge in [0.05, 0.1) is 17.9 Å². The second-order valence-electron chi connectivity index (χ2n) is 7.13. The van der Waals surface area contributed by atoms with Crippen molar-refractivity contribution in [2.24, 2.45) is 23.7 Å². The number of aliphatic hydroxyl groups excluding tert-OH is 1. The van der Waals surface area contributed by atoms with Crippen molar-refractivity contribution in [2.45, 2.75) is 12.5 Å². The number of rotatable bonds is 5. The van der Waals surface area contributed by atoms with E-state index in [2.05, 4.69) is 5.32 Å². The fourth-order valence-corrected chi connectivity index (χ4v) is 4.33. The van der Waals surface area contributed by atoms with Gasteiger partial charge in [-0.3, -0.25) is 19.3 Å². The maximum Gasteiger partial charge on any atom is 0.240 e. The molecule has 2 bridgehead atoms. The molecule has 4 rings (SSSR count). The van der Waals surface area contributed by atoms with E-state index >= 15 is 0 Å². The van der Waals surface area contributed by atoms with Crippen LogP contribution in [0.25, 0.3) is 0 Å². The van der Waals surface area contributed by atoms with E-state index in [0.717, 1.165) is 11.3 Å². The second-order valence-corrected chi connectivity index (χ2v) is 7.13.